The molecule has 0 bridgehead atoms. The molecule has 19 heavy (non-hydrogen) atoms. The van der Waals surface area contributed by atoms with Crippen molar-refractivity contribution in [3.05, 3.63) is 52.2 Å². The molecule has 0 amide bonds. The van der Waals surface area contributed by atoms with Crippen molar-refractivity contribution in [2.24, 2.45) is 0 Å². The highest BCUT2D eigenvalue weighted by atomic mass is 32.1. The average Bonchev–Trinajstić information content (AvgIpc) is 2.90. The molecule has 0 fully saturated rings. The van der Waals surface area contributed by atoms with Crippen LogP contribution in [0.3, 0.4) is 0 Å². The average molecular weight is 274 g/mol. The molecule has 0 aliphatic heterocycles. The van der Waals surface area contributed by atoms with Gasteiger partial charge in [-0.25, -0.2) is 4.79 Å². The van der Waals surface area contributed by atoms with Crippen molar-refractivity contribution in [1.82, 2.24) is 0 Å². The molecule has 2 aromatic rings. The number of hydrogen-bond acceptors (Lipinski definition) is 3. The Morgan fingerprint density at radius 3 is 2.84 bits per heavy atom. The second-order valence-electron chi connectivity index (χ2n) is 3.85. The zero-order valence-electron chi connectivity index (χ0n) is 10.5. The van der Waals surface area contributed by atoms with E-state index in [1.165, 1.54) is 11.3 Å². The smallest absolute Gasteiger partial charge is 0.337 e. The number of aliphatic carboxylic acids is 1. The molecule has 4 heteroatoms. The number of ether oxygens (including phenoxy) is 1. The summed E-state index contributed by atoms with van der Waals surface area (Å²) in [5, 5.41) is 11.1. The number of carboxylic acids is 1. The molecule has 0 aliphatic carbocycles. The van der Waals surface area contributed by atoms with Crippen molar-refractivity contribution >= 4 is 29.0 Å². The van der Waals surface area contributed by atoms with E-state index in [0.29, 0.717) is 12.2 Å². The molecule has 2 rings (SSSR count). The molecule has 1 heterocycles. The van der Waals surface area contributed by atoms with Gasteiger partial charge in [0.15, 0.2) is 0 Å². The van der Waals surface area contributed by atoms with Gasteiger partial charge in [-0.1, -0.05) is 18.2 Å². The fourth-order valence-electron chi connectivity index (χ4n) is 1.70. The summed E-state index contributed by atoms with van der Waals surface area (Å²) in [6.45, 7) is 2.50. The van der Waals surface area contributed by atoms with E-state index < -0.39 is 5.97 Å². The molecule has 0 aliphatic rings. The summed E-state index contributed by atoms with van der Waals surface area (Å²) < 4.78 is 5.41. The number of thiophene rings is 1. The van der Waals surface area contributed by atoms with Crippen LogP contribution in [0.25, 0.3) is 11.6 Å². The van der Waals surface area contributed by atoms with Gasteiger partial charge in [-0.3, -0.25) is 0 Å². The summed E-state index contributed by atoms with van der Waals surface area (Å²) in [7, 11) is 0. The van der Waals surface area contributed by atoms with Crippen molar-refractivity contribution in [3.63, 3.8) is 0 Å². The Balaban J connectivity index is 2.36. The summed E-state index contributed by atoms with van der Waals surface area (Å²) >= 11 is 1.41. The first-order valence-corrected chi connectivity index (χ1v) is 6.80. The SMILES string of the molecule is CCOc1cccc(/C=C(\C(=O)O)c2cccs2)c1. The van der Waals surface area contributed by atoms with Gasteiger partial charge in [0.05, 0.1) is 12.2 Å². The highest BCUT2D eigenvalue weighted by molar-refractivity contribution is 7.11. The second kappa shape index (κ2) is 6.20. The number of carbonyl (C=O) groups is 1. The van der Waals surface area contributed by atoms with Gasteiger partial charge in [-0.15, -0.1) is 11.3 Å². The van der Waals surface area contributed by atoms with E-state index in [2.05, 4.69) is 0 Å². The molecule has 0 atom stereocenters. The topological polar surface area (TPSA) is 46.5 Å². The lowest BCUT2D eigenvalue weighted by Gasteiger charge is -2.04. The molecule has 0 saturated heterocycles. The number of hydrogen-bond donors (Lipinski definition) is 1. The second-order valence-corrected chi connectivity index (χ2v) is 4.79. The van der Waals surface area contributed by atoms with Crippen LogP contribution in [-0.2, 0) is 4.79 Å². The number of benzene rings is 1. The van der Waals surface area contributed by atoms with E-state index in [-0.39, 0.29) is 0 Å². The van der Waals surface area contributed by atoms with Crippen molar-refractivity contribution in [2.75, 3.05) is 6.61 Å². The van der Waals surface area contributed by atoms with Crippen molar-refractivity contribution in [2.45, 2.75) is 6.92 Å². The largest absolute Gasteiger partial charge is 0.494 e. The van der Waals surface area contributed by atoms with Crippen molar-refractivity contribution in [3.8, 4) is 5.75 Å². The molecule has 0 radical (unpaired) electrons. The van der Waals surface area contributed by atoms with Crippen LogP contribution in [0.15, 0.2) is 41.8 Å². The molecule has 1 N–H and O–H groups in total. The summed E-state index contributed by atoms with van der Waals surface area (Å²) in [4.78, 5) is 12.1. The highest BCUT2D eigenvalue weighted by Crippen LogP contribution is 2.24. The predicted octanol–water partition coefficient (Wildman–Crippen LogP) is 3.77. The fraction of sp³-hybridized carbons (Fsp3) is 0.133. The zero-order valence-corrected chi connectivity index (χ0v) is 11.3. The molecule has 98 valence electrons. The van der Waals surface area contributed by atoms with Gasteiger partial charge in [0, 0.05) is 4.88 Å². The lowest BCUT2D eigenvalue weighted by atomic mass is 10.1. The van der Waals surface area contributed by atoms with E-state index in [0.717, 1.165) is 16.2 Å². The molecule has 0 spiro atoms. The molecule has 0 saturated carbocycles. The van der Waals surface area contributed by atoms with Crippen LogP contribution >= 0.6 is 11.3 Å². The monoisotopic (exact) mass is 274 g/mol. The van der Waals surface area contributed by atoms with E-state index in [1.807, 2.05) is 42.6 Å². The standard InChI is InChI=1S/C15H14O3S/c1-2-18-12-6-3-5-11(9-12)10-13(15(16)17)14-7-4-8-19-14/h3-10H,2H2,1H3,(H,16,17)/b13-10-. The molecule has 1 aromatic carbocycles. The van der Waals surface area contributed by atoms with Crippen molar-refractivity contribution in [1.29, 1.82) is 0 Å². The maximum absolute atomic E-state index is 11.3. The Kier molecular flexibility index (Phi) is 4.36. The van der Waals surface area contributed by atoms with Crippen LogP contribution in [-0.4, -0.2) is 17.7 Å². The van der Waals surface area contributed by atoms with E-state index >= 15 is 0 Å². The normalized spacial score (nSPS) is 11.3. The minimum Gasteiger partial charge on any atom is -0.494 e. The van der Waals surface area contributed by atoms with Crippen LogP contribution in [0.1, 0.15) is 17.4 Å². The highest BCUT2D eigenvalue weighted by Gasteiger charge is 2.11. The predicted molar refractivity (Wildman–Crippen MR) is 77.4 cm³/mol. The minimum absolute atomic E-state index is 0.295. The van der Waals surface area contributed by atoms with Gasteiger partial charge < -0.3 is 9.84 Å². The zero-order chi connectivity index (χ0) is 13.7. The van der Waals surface area contributed by atoms with E-state index in [4.69, 9.17) is 4.74 Å². The van der Waals surface area contributed by atoms with Crippen LogP contribution in [0, 0.1) is 0 Å². The third kappa shape index (κ3) is 3.45. The first-order valence-electron chi connectivity index (χ1n) is 5.92. The van der Waals surface area contributed by atoms with Crippen LogP contribution < -0.4 is 4.74 Å². The van der Waals surface area contributed by atoms with Gasteiger partial charge >= 0.3 is 5.97 Å². The Bertz CT molecular complexity index is 585. The Morgan fingerprint density at radius 1 is 1.37 bits per heavy atom. The van der Waals surface area contributed by atoms with Crippen LogP contribution in [0.2, 0.25) is 0 Å². The molecule has 0 unspecified atom stereocenters. The summed E-state index contributed by atoms with van der Waals surface area (Å²) in [6.07, 6.45) is 1.66. The molecular formula is C15H14O3S. The summed E-state index contributed by atoms with van der Waals surface area (Å²) in [6, 6.07) is 11.0. The molecular weight excluding hydrogens is 260 g/mol. The first kappa shape index (κ1) is 13.4. The Morgan fingerprint density at radius 2 is 2.21 bits per heavy atom. The molecule has 3 nitrogen and oxygen atoms in total. The maximum atomic E-state index is 11.3. The lowest BCUT2D eigenvalue weighted by molar-refractivity contribution is -0.130. The van der Waals surface area contributed by atoms with Gasteiger partial charge in [-0.05, 0) is 42.1 Å². The van der Waals surface area contributed by atoms with Crippen LogP contribution in [0.5, 0.6) is 5.75 Å². The van der Waals surface area contributed by atoms with Gasteiger partial charge in [0.25, 0.3) is 0 Å². The number of rotatable bonds is 5. The van der Waals surface area contributed by atoms with Crippen LogP contribution in [0.4, 0.5) is 0 Å². The minimum atomic E-state index is -0.927. The summed E-state index contributed by atoms with van der Waals surface area (Å²) in [5.74, 6) is -0.184. The molecule has 1 aromatic heterocycles. The first-order chi connectivity index (χ1) is 9.20. The Labute approximate surface area is 115 Å². The number of carboxylic acid groups (broad SMARTS) is 1. The third-order valence-corrected chi connectivity index (χ3v) is 3.40. The quantitative estimate of drug-likeness (QED) is 0.844. The van der Waals surface area contributed by atoms with E-state index in [1.54, 1.807) is 12.1 Å². The fourth-order valence-corrected chi connectivity index (χ4v) is 2.43. The lowest BCUT2D eigenvalue weighted by Crippen LogP contribution is -1.97. The van der Waals surface area contributed by atoms with Crippen molar-refractivity contribution < 1.29 is 14.6 Å². The van der Waals surface area contributed by atoms with Gasteiger partial charge in [0.2, 0.25) is 0 Å². The Hall–Kier alpha value is -2.07. The summed E-state index contributed by atoms with van der Waals surface area (Å²) in [5.41, 5.74) is 1.11. The van der Waals surface area contributed by atoms with E-state index in [9.17, 15) is 9.90 Å². The third-order valence-electron chi connectivity index (χ3n) is 2.50. The van der Waals surface area contributed by atoms with Gasteiger partial charge in [-0.2, -0.15) is 0 Å². The van der Waals surface area contributed by atoms with Gasteiger partial charge in [0.1, 0.15) is 5.75 Å². The maximum Gasteiger partial charge on any atom is 0.337 e.